The lowest BCUT2D eigenvalue weighted by atomic mass is 9.84. The topological polar surface area (TPSA) is 26.0 Å². The van der Waals surface area contributed by atoms with Crippen LogP contribution in [0.3, 0.4) is 0 Å². The first kappa shape index (κ1) is 13.3. The highest BCUT2D eigenvalue weighted by Crippen LogP contribution is 2.37. The fraction of sp³-hybridized carbons (Fsp3) is 0.231. The summed E-state index contributed by atoms with van der Waals surface area (Å²) < 4.78 is 0. The molecule has 86 valence electrons. The fourth-order valence-electron chi connectivity index (χ4n) is 1.78. The summed E-state index contributed by atoms with van der Waals surface area (Å²) in [6.07, 6.45) is 4.73. The molecule has 1 rings (SSSR count). The summed E-state index contributed by atoms with van der Waals surface area (Å²) in [4.78, 5) is 0. The van der Waals surface area contributed by atoms with Gasteiger partial charge in [-0.05, 0) is 25.0 Å². The Labute approximate surface area is 107 Å². The molecule has 0 heterocycles. The molecule has 3 heteroatoms. The van der Waals surface area contributed by atoms with E-state index in [9.17, 15) is 0 Å². The van der Waals surface area contributed by atoms with E-state index in [1.54, 1.807) is 30.4 Å². The van der Waals surface area contributed by atoms with Gasteiger partial charge in [-0.25, -0.2) is 0 Å². The fourth-order valence-corrected chi connectivity index (χ4v) is 2.55. The van der Waals surface area contributed by atoms with Gasteiger partial charge in [-0.3, -0.25) is 0 Å². The number of benzene rings is 1. The predicted octanol–water partition coefficient (Wildman–Crippen LogP) is 4.30. The quantitative estimate of drug-likeness (QED) is 0.781. The lowest BCUT2D eigenvalue weighted by Gasteiger charge is -2.29. The largest absolute Gasteiger partial charge is 0.321 e. The van der Waals surface area contributed by atoms with E-state index in [1.165, 1.54) is 0 Å². The van der Waals surface area contributed by atoms with Crippen molar-refractivity contribution in [3.63, 3.8) is 0 Å². The minimum atomic E-state index is -0.626. The Hall–Kier alpha value is -0.760. The van der Waals surface area contributed by atoms with Crippen LogP contribution < -0.4 is 5.73 Å². The van der Waals surface area contributed by atoms with Crippen LogP contribution in [0.1, 0.15) is 18.4 Å². The summed E-state index contributed by atoms with van der Waals surface area (Å²) >= 11 is 12.3. The SMILES string of the molecule is C=CCC(N)(CC=C)c1c(Cl)cccc1Cl. The highest BCUT2D eigenvalue weighted by molar-refractivity contribution is 6.36. The van der Waals surface area contributed by atoms with Gasteiger partial charge in [0.15, 0.2) is 0 Å². The molecule has 0 aliphatic rings. The minimum Gasteiger partial charge on any atom is -0.321 e. The van der Waals surface area contributed by atoms with Crippen LogP contribution in [0.2, 0.25) is 10.0 Å². The molecule has 0 atom stereocenters. The second-order valence-corrected chi connectivity index (χ2v) is 4.55. The van der Waals surface area contributed by atoms with E-state index >= 15 is 0 Å². The van der Waals surface area contributed by atoms with Crippen molar-refractivity contribution >= 4 is 23.2 Å². The van der Waals surface area contributed by atoms with Crippen LogP contribution >= 0.6 is 23.2 Å². The van der Waals surface area contributed by atoms with Gasteiger partial charge in [0, 0.05) is 15.6 Å². The van der Waals surface area contributed by atoms with Gasteiger partial charge in [0.2, 0.25) is 0 Å². The smallest absolute Gasteiger partial charge is 0.0508 e. The summed E-state index contributed by atoms with van der Waals surface area (Å²) in [5.74, 6) is 0. The average Bonchev–Trinajstić information content (AvgIpc) is 2.17. The van der Waals surface area contributed by atoms with Crippen molar-refractivity contribution in [1.29, 1.82) is 0 Å². The number of rotatable bonds is 5. The Balaban J connectivity index is 3.29. The molecule has 0 aliphatic carbocycles. The monoisotopic (exact) mass is 255 g/mol. The van der Waals surface area contributed by atoms with Crippen LogP contribution in [0.4, 0.5) is 0 Å². The van der Waals surface area contributed by atoms with Gasteiger partial charge >= 0.3 is 0 Å². The van der Waals surface area contributed by atoms with Crippen LogP contribution in [-0.4, -0.2) is 0 Å². The maximum Gasteiger partial charge on any atom is 0.0508 e. The van der Waals surface area contributed by atoms with Gasteiger partial charge < -0.3 is 5.73 Å². The predicted molar refractivity (Wildman–Crippen MR) is 72.0 cm³/mol. The maximum atomic E-state index is 6.33. The summed E-state index contributed by atoms with van der Waals surface area (Å²) in [6.45, 7) is 7.42. The summed E-state index contributed by atoms with van der Waals surface area (Å²) in [6, 6.07) is 5.38. The molecule has 1 aromatic rings. The third kappa shape index (κ3) is 2.67. The third-order valence-electron chi connectivity index (χ3n) is 2.48. The normalized spacial score (nSPS) is 11.2. The first-order chi connectivity index (χ1) is 7.55. The van der Waals surface area contributed by atoms with Crippen molar-refractivity contribution in [3.05, 3.63) is 59.1 Å². The minimum absolute atomic E-state index is 0.582. The molecule has 0 aromatic heterocycles. The molecular formula is C13H15Cl2N. The van der Waals surface area contributed by atoms with Crippen LogP contribution in [0.15, 0.2) is 43.5 Å². The van der Waals surface area contributed by atoms with E-state index in [2.05, 4.69) is 13.2 Å². The molecule has 2 N–H and O–H groups in total. The van der Waals surface area contributed by atoms with Gasteiger partial charge in [0.25, 0.3) is 0 Å². The molecule has 0 saturated carbocycles. The summed E-state index contributed by atoms with van der Waals surface area (Å²) in [5, 5.41) is 1.16. The molecule has 0 unspecified atom stereocenters. The van der Waals surface area contributed by atoms with Crippen molar-refractivity contribution < 1.29 is 0 Å². The first-order valence-electron chi connectivity index (χ1n) is 5.00. The molecule has 0 radical (unpaired) electrons. The van der Waals surface area contributed by atoms with E-state index in [-0.39, 0.29) is 0 Å². The van der Waals surface area contributed by atoms with Gasteiger partial charge in [0.1, 0.15) is 0 Å². The van der Waals surface area contributed by atoms with E-state index in [4.69, 9.17) is 28.9 Å². The molecule has 16 heavy (non-hydrogen) atoms. The van der Waals surface area contributed by atoms with Gasteiger partial charge in [-0.15, -0.1) is 13.2 Å². The van der Waals surface area contributed by atoms with Crippen molar-refractivity contribution in [1.82, 2.24) is 0 Å². The number of nitrogens with two attached hydrogens (primary N) is 1. The summed E-state index contributed by atoms with van der Waals surface area (Å²) in [5.41, 5.74) is 6.47. The van der Waals surface area contributed by atoms with E-state index in [0.29, 0.717) is 22.9 Å². The number of hydrogen-bond donors (Lipinski definition) is 1. The van der Waals surface area contributed by atoms with Crippen LogP contribution in [0.25, 0.3) is 0 Å². The second-order valence-electron chi connectivity index (χ2n) is 3.74. The van der Waals surface area contributed by atoms with Gasteiger partial charge in [0.05, 0.1) is 5.54 Å². The van der Waals surface area contributed by atoms with Gasteiger partial charge in [-0.2, -0.15) is 0 Å². The average molecular weight is 256 g/mol. The molecule has 0 spiro atoms. The third-order valence-corrected chi connectivity index (χ3v) is 3.11. The second kappa shape index (κ2) is 5.53. The zero-order chi connectivity index (χ0) is 12.2. The first-order valence-corrected chi connectivity index (χ1v) is 5.76. The van der Waals surface area contributed by atoms with Crippen LogP contribution in [0, 0.1) is 0 Å². The maximum absolute atomic E-state index is 6.33. The zero-order valence-electron chi connectivity index (χ0n) is 9.05. The van der Waals surface area contributed by atoms with E-state index < -0.39 is 5.54 Å². The highest BCUT2D eigenvalue weighted by atomic mass is 35.5. The molecular weight excluding hydrogens is 241 g/mol. The van der Waals surface area contributed by atoms with Crippen molar-refractivity contribution in [2.24, 2.45) is 5.73 Å². The zero-order valence-corrected chi connectivity index (χ0v) is 10.6. The van der Waals surface area contributed by atoms with Crippen LogP contribution in [-0.2, 0) is 5.54 Å². The molecule has 0 fully saturated rings. The summed E-state index contributed by atoms with van der Waals surface area (Å²) in [7, 11) is 0. The van der Waals surface area contributed by atoms with Gasteiger partial charge in [-0.1, -0.05) is 41.4 Å². The number of hydrogen-bond acceptors (Lipinski definition) is 1. The Bertz CT molecular complexity index is 369. The molecule has 0 aliphatic heterocycles. The van der Waals surface area contributed by atoms with Crippen LogP contribution in [0.5, 0.6) is 0 Å². The Kier molecular flexibility index (Phi) is 4.60. The van der Waals surface area contributed by atoms with Crippen molar-refractivity contribution in [2.45, 2.75) is 18.4 Å². The van der Waals surface area contributed by atoms with Crippen molar-refractivity contribution in [2.75, 3.05) is 0 Å². The molecule has 1 aromatic carbocycles. The Morgan fingerprint density at radius 1 is 1.12 bits per heavy atom. The number of halogens is 2. The Morgan fingerprint density at radius 3 is 1.94 bits per heavy atom. The standard InChI is InChI=1S/C13H15Cl2N/c1-3-8-13(16,9-4-2)12-10(14)6-5-7-11(12)15/h3-7H,1-2,8-9,16H2. The van der Waals surface area contributed by atoms with E-state index in [0.717, 1.165) is 5.56 Å². The van der Waals surface area contributed by atoms with Crippen molar-refractivity contribution in [3.8, 4) is 0 Å². The van der Waals surface area contributed by atoms with E-state index in [1.807, 2.05) is 0 Å². The molecule has 1 nitrogen and oxygen atoms in total. The molecule has 0 bridgehead atoms. The lowest BCUT2D eigenvalue weighted by Crippen LogP contribution is -2.36. The molecule has 0 saturated heterocycles. The lowest BCUT2D eigenvalue weighted by molar-refractivity contribution is 0.457. The highest BCUT2D eigenvalue weighted by Gasteiger charge is 2.29. The molecule has 0 amide bonds. The Morgan fingerprint density at radius 2 is 1.56 bits per heavy atom.